The molecule has 1 heterocycles. The van der Waals surface area contributed by atoms with Gasteiger partial charge in [0.1, 0.15) is 11.2 Å². The Morgan fingerprint density at radius 2 is 1.61 bits per heavy atom. The maximum absolute atomic E-state index is 15.8. The Bertz CT molecular complexity index is 1400. The topological polar surface area (TPSA) is 61.8 Å². The highest BCUT2D eigenvalue weighted by Crippen LogP contribution is 2.85. The Morgan fingerprint density at radius 1 is 0.977 bits per heavy atom. The normalized spacial score (nSPS) is 35.6. The Kier molecular flexibility index (Phi) is 7.49. The van der Waals surface area contributed by atoms with E-state index in [1.54, 1.807) is 0 Å². The molecule has 0 N–H and O–H groups in total. The monoisotopic (exact) mass is 594 g/mol. The second-order valence-electron chi connectivity index (χ2n) is 14.3. The molecular weight excluding hydrogens is 548 g/mol. The van der Waals surface area contributed by atoms with E-state index < -0.39 is 28.6 Å². The van der Waals surface area contributed by atoms with Crippen molar-refractivity contribution in [1.29, 1.82) is 0 Å². The summed E-state index contributed by atoms with van der Waals surface area (Å²) < 4.78 is 19.9. The van der Waals surface area contributed by atoms with Crippen molar-refractivity contribution >= 4 is 11.8 Å². The SMILES string of the molecule is C=CCCC(=O)C12C[C@@H]3[C@H](C)CC[C@H]3C3(C4OCCO4)CC1C=C(C(C)C)C23C(=O)OC(c1ccccc1)c1ccccc1. The molecule has 4 unspecified atom stereocenters. The molecule has 0 radical (unpaired) electrons. The summed E-state index contributed by atoms with van der Waals surface area (Å²) in [5.74, 6) is 0.930. The molecule has 7 rings (SSSR count). The van der Waals surface area contributed by atoms with Gasteiger partial charge in [0.15, 0.2) is 12.4 Å². The number of esters is 1. The largest absolute Gasteiger partial charge is 0.452 e. The molecule has 7 atom stereocenters. The third-order valence-electron chi connectivity index (χ3n) is 12.2. The predicted octanol–water partition coefficient (Wildman–Crippen LogP) is 7.87. The number of ether oxygens (including phenoxy) is 3. The highest BCUT2D eigenvalue weighted by atomic mass is 16.7. The molecule has 2 aromatic rings. The molecule has 4 aliphatic carbocycles. The first-order valence-corrected chi connectivity index (χ1v) is 16.7. The van der Waals surface area contributed by atoms with Crippen LogP contribution in [0.3, 0.4) is 0 Å². The summed E-state index contributed by atoms with van der Waals surface area (Å²) in [7, 11) is 0. The van der Waals surface area contributed by atoms with Crippen molar-refractivity contribution in [3.63, 3.8) is 0 Å². The molecule has 3 saturated carbocycles. The van der Waals surface area contributed by atoms with Crippen LogP contribution in [-0.4, -0.2) is 31.3 Å². The molecule has 0 aromatic heterocycles. The van der Waals surface area contributed by atoms with E-state index in [1.807, 2.05) is 66.7 Å². The Labute approximate surface area is 262 Å². The number of carbonyl (C=O) groups is 2. The minimum Gasteiger partial charge on any atom is -0.452 e. The van der Waals surface area contributed by atoms with Gasteiger partial charge in [-0.05, 0) is 66.4 Å². The van der Waals surface area contributed by atoms with E-state index >= 15 is 4.79 Å². The number of rotatable bonds is 10. The lowest BCUT2D eigenvalue weighted by Gasteiger charge is -2.61. The molecule has 0 spiro atoms. The van der Waals surface area contributed by atoms with Gasteiger partial charge in [0.25, 0.3) is 0 Å². The van der Waals surface area contributed by atoms with Crippen LogP contribution < -0.4 is 0 Å². The van der Waals surface area contributed by atoms with Gasteiger partial charge in [-0.1, -0.05) is 106 Å². The summed E-state index contributed by atoms with van der Waals surface area (Å²) in [4.78, 5) is 30.8. The van der Waals surface area contributed by atoms with Gasteiger partial charge in [0.2, 0.25) is 0 Å². The zero-order valence-electron chi connectivity index (χ0n) is 26.4. The zero-order valence-corrected chi connectivity index (χ0v) is 26.4. The van der Waals surface area contributed by atoms with E-state index in [0.717, 1.165) is 42.4 Å². The van der Waals surface area contributed by atoms with Gasteiger partial charge in [-0.15, -0.1) is 6.58 Å². The Morgan fingerprint density at radius 3 is 2.20 bits per heavy atom. The molecule has 2 aromatic carbocycles. The van der Waals surface area contributed by atoms with E-state index in [-0.39, 0.29) is 29.5 Å². The highest BCUT2D eigenvalue weighted by molar-refractivity contribution is 5.99. The highest BCUT2D eigenvalue weighted by Gasteiger charge is 2.88. The van der Waals surface area contributed by atoms with Crippen molar-refractivity contribution in [2.24, 2.45) is 45.8 Å². The maximum atomic E-state index is 15.8. The predicted molar refractivity (Wildman–Crippen MR) is 169 cm³/mol. The van der Waals surface area contributed by atoms with E-state index in [2.05, 4.69) is 33.4 Å². The van der Waals surface area contributed by atoms with Gasteiger partial charge in [-0.3, -0.25) is 9.59 Å². The molecule has 4 bridgehead atoms. The van der Waals surface area contributed by atoms with Crippen LogP contribution >= 0.6 is 0 Å². The molecule has 44 heavy (non-hydrogen) atoms. The van der Waals surface area contributed by atoms with Crippen molar-refractivity contribution in [3.8, 4) is 0 Å². The van der Waals surface area contributed by atoms with E-state index in [9.17, 15) is 4.79 Å². The lowest BCUT2D eigenvalue weighted by molar-refractivity contribution is -0.242. The lowest BCUT2D eigenvalue weighted by atomic mass is 9.41. The summed E-state index contributed by atoms with van der Waals surface area (Å²) in [6.45, 7) is 11.6. The second-order valence-corrected chi connectivity index (χ2v) is 14.3. The number of hydrogen-bond donors (Lipinski definition) is 0. The van der Waals surface area contributed by atoms with Gasteiger partial charge in [-0.2, -0.15) is 0 Å². The molecule has 5 aliphatic rings. The van der Waals surface area contributed by atoms with Crippen LogP contribution in [0.15, 0.2) is 85.0 Å². The van der Waals surface area contributed by atoms with Crippen molar-refractivity contribution < 1.29 is 23.8 Å². The third kappa shape index (κ3) is 3.84. The smallest absolute Gasteiger partial charge is 0.319 e. The van der Waals surface area contributed by atoms with Gasteiger partial charge in [-0.25, -0.2) is 0 Å². The molecule has 5 nitrogen and oxygen atoms in total. The quantitative estimate of drug-likeness (QED) is 0.207. The first kappa shape index (κ1) is 29.7. The van der Waals surface area contributed by atoms with Crippen LogP contribution in [0.2, 0.25) is 0 Å². The first-order chi connectivity index (χ1) is 21.3. The number of carbonyl (C=O) groups excluding carboxylic acids is 2. The minimum absolute atomic E-state index is 0.0535. The average Bonchev–Trinajstić information content (AvgIpc) is 3.81. The summed E-state index contributed by atoms with van der Waals surface area (Å²) in [6.07, 6.45) is 7.52. The number of hydrogen-bond acceptors (Lipinski definition) is 5. The van der Waals surface area contributed by atoms with Gasteiger partial charge in [0, 0.05) is 11.8 Å². The zero-order chi connectivity index (χ0) is 30.7. The third-order valence-corrected chi connectivity index (χ3v) is 12.2. The standard InChI is InChI=1S/C39H46O5/c1-5-6-17-33(40)37-24-30-26(4)18-19-31(30)38(36-42-20-21-43-36)23-29(37)22-32(25(2)3)39(37,38)35(41)44-34(27-13-9-7-10-14-27)28-15-11-8-12-16-28/h5,7-16,22,25-26,29-31,34,36H,1,6,17-21,23-24H2,2-4H3/t26-,29?,30-,31-,37?,38?,39?/m1/s1. The first-order valence-electron chi connectivity index (χ1n) is 16.7. The Balaban J connectivity index is 1.47. The number of fused-ring (bicyclic) bond motifs is 2. The van der Waals surface area contributed by atoms with Crippen molar-refractivity contribution in [2.45, 2.75) is 71.7 Å². The van der Waals surface area contributed by atoms with Crippen LogP contribution in [0.25, 0.3) is 0 Å². The molecule has 1 saturated heterocycles. The fourth-order valence-corrected chi connectivity index (χ4v) is 10.8. The van der Waals surface area contributed by atoms with Crippen LogP contribution in [0.5, 0.6) is 0 Å². The fraction of sp³-hybridized carbons (Fsp3) is 0.538. The number of ketones is 1. The molecule has 0 amide bonds. The van der Waals surface area contributed by atoms with Crippen molar-refractivity contribution in [1.82, 2.24) is 0 Å². The second kappa shape index (κ2) is 11.1. The fourth-order valence-electron chi connectivity index (χ4n) is 10.8. The number of Topliss-reactive ketones (excluding diaryl/α,β-unsaturated/α-hetero) is 1. The molecular formula is C39H46O5. The number of benzene rings is 2. The molecule has 5 heteroatoms. The molecule has 232 valence electrons. The Hall–Kier alpha value is -3.02. The minimum atomic E-state index is -1.17. The van der Waals surface area contributed by atoms with Crippen LogP contribution in [-0.2, 0) is 23.8 Å². The van der Waals surface area contributed by atoms with Gasteiger partial charge in [0.05, 0.1) is 18.6 Å². The molecule has 1 aliphatic heterocycles. The molecule has 4 fully saturated rings. The van der Waals surface area contributed by atoms with Crippen LogP contribution in [0, 0.1) is 45.8 Å². The summed E-state index contributed by atoms with van der Waals surface area (Å²) in [5.41, 5.74) is 0.159. The van der Waals surface area contributed by atoms with Gasteiger partial charge >= 0.3 is 5.97 Å². The summed E-state index contributed by atoms with van der Waals surface area (Å²) in [5, 5.41) is 0. The van der Waals surface area contributed by atoms with E-state index in [0.29, 0.717) is 37.9 Å². The summed E-state index contributed by atoms with van der Waals surface area (Å²) in [6, 6.07) is 20.0. The van der Waals surface area contributed by atoms with E-state index in [4.69, 9.17) is 14.2 Å². The maximum Gasteiger partial charge on any atom is 0.319 e. The van der Waals surface area contributed by atoms with Crippen molar-refractivity contribution in [2.75, 3.05) is 13.2 Å². The summed E-state index contributed by atoms with van der Waals surface area (Å²) >= 11 is 0. The average molecular weight is 595 g/mol. The van der Waals surface area contributed by atoms with Crippen LogP contribution in [0.4, 0.5) is 0 Å². The van der Waals surface area contributed by atoms with Crippen LogP contribution in [0.1, 0.15) is 76.5 Å². The number of allylic oxidation sites excluding steroid dienone is 2. The van der Waals surface area contributed by atoms with Gasteiger partial charge < -0.3 is 14.2 Å². The lowest BCUT2D eigenvalue weighted by Crippen LogP contribution is -2.67. The van der Waals surface area contributed by atoms with Crippen molar-refractivity contribution in [3.05, 3.63) is 96.1 Å². The van der Waals surface area contributed by atoms with E-state index in [1.165, 1.54) is 0 Å².